The van der Waals surface area contributed by atoms with Gasteiger partial charge in [-0.15, -0.1) is 0 Å². The summed E-state index contributed by atoms with van der Waals surface area (Å²) in [5, 5.41) is 0. The number of benzene rings is 2. The minimum absolute atomic E-state index is 0.149. The molecule has 1 fully saturated rings. The fraction of sp³-hybridized carbons (Fsp3) is 0.391. The number of ether oxygens (including phenoxy) is 2. The Kier molecular flexibility index (Phi) is 6.71. The van der Waals surface area contributed by atoms with Crippen molar-refractivity contribution in [1.82, 2.24) is 8.87 Å². The number of hydrogen-bond acceptors (Lipinski definition) is 6. The van der Waals surface area contributed by atoms with Crippen LogP contribution >= 0.6 is 11.3 Å². The van der Waals surface area contributed by atoms with Gasteiger partial charge in [0.15, 0.2) is 4.80 Å². The van der Waals surface area contributed by atoms with Crippen LogP contribution in [0.2, 0.25) is 0 Å². The van der Waals surface area contributed by atoms with Crippen LogP contribution < -0.4 is 9.54 Å². The first-order valence-corrected chi connectivity index (χ1v) is 13.0. The number of fused-ring (bicyclic) bond motifs is 1. The first-order valence-electron chi connectivity index (χ1n) is 10.8. The van der Waals surface area contributed by atoms with Gasteiger partial charge in [0.05, 0.1) is 33.9 Å². The van der Waals surface area contributed by atoms with Gasteiger partial charge in [0, 0.05) is 25.7 Å². The summed E-state index contributed by atoms with van der Waals surface area (Å²) in [5.74, 6) is 0.338. The molecular weight excluding hydrogens is 462 g/mol. The minimum Gasteiger partial charge on any atom is -0.494 e. The van der Waals surface area contributed by atoms with E-state index < -0.39 is 15.9 Å². The van der Waals surface area contributed by atoms with Gasteiger partial charge in [-0.1, -0.05) is 11.3 Å². The molecule has 1 aliphatic rings. The Bertz CT molecular complexity index is 1330. The molecule has 33 heavy (non-hydrogen) atoms. The van der Waals surface area contributed by atoms with Gasteiger partial charge in [-0.05, 0) is 63.2 Å². The minimum atomic E-state index is -3.66. The number of rotatable bonds is 5. The average molecular weight is 490 g/mol. The van der Waals surface area contributed by atoms with Crippen LogP contribution in [0.25, 0.3) is 10.2 Å². The highest BCUT2D eigenvalue weighted by Crippen LogP contribution is 2.24. The second-order valence-corrected chi connectivity index (χ2v) is 11.0. The van der Waals surface area contributed by atoms with E-state index in [2.05, 4.69) is 4.99 Å². The van der Waals surface area contributed by atoms with Crippen LogP contribution in [0.1, 0.15) is 31.1 Å². The van der Waals surface area contributed by atoms with Gasteiger partial charge >= 0.3 is 0 Å². The van der Waals surface area contributed by atoms with E-state index in [-0.39, 0.29) is 17.1 Å². The van der Waals surface area contributed by atoms with Gasteiger partial charge in [0.2, 0.25) is 10.0 Å². The van der Waals surface area contributed by atoms with Crippen molar-refractivity contribution in [3.8, 4) is 5.75 Å². The molecule has 0 bridgehead atoms. The summed E-state index contributed by atoms with van der Waals surface area (Å²) in [6.45, 7) is 6.82. The van der Waals surface area contributed by atoms with Gasteiger partial charge in [-0.25, -0.2) is 8.42 Å². The molecular formula is C23H27N3O5S2. The molecule has 1 amide bonds. The summed E-state index contributed by atoms with van der Waals surface area (Å²) in [7, 11) is -1.81. The largest absolute Gasteiger partial charge is 0.494 e. The Hall–Kier alpha value is -2.53. The highest BCUT2D eigenvalue weighted by Gasteiger charge is 2.32. The Balaban J connectivity index is 1.59. The van der Waals surface area contributed by atoms with Crippen molar-refractivity contribution in [2.75, 3.05) is 19.7 Å². The van der Waals surface area contributed by atoms with Crippen LogP contribution in [-0.2, 0) is 21.8 Å². The summed E-state index contributed by atoms with van der Waals surface area (Å²) in [6, 6.07) is 11.7. The zero-order valence-electron chi connectivity index (χ0n) is 19.0. The second-order valence-electron chi connectivity index (χ2n) is 8.03. The van der Waals surface area contributed by atoms with Crippen molar-refractivity contribution in [2.45, 2.75) is 37.9 Å². The lowest BCUT2D eigenvalue weighted by Crippen LogP contribution is -2.48. The van der Waals surface area contributed by atoms with Crippen molar-refractivity contribution in [3.05, 3.63) is 52.8 Å². The number of thiazole rings is 1. The third-order valence-corrected chi connectivity index (χ3v) is 8.35. The van der Waals surface area contributed by atoms with Crippen molar-refractivity contribution in [3.63, 3.8) is 0 Å². The molecule has 1 saturated heterocycles. The van der Waals surface area contributed by atoms with E-state index >= 15 is 0 Å². The Morgan fingerprint density at radius 2 is 1.82 bits per heavy atom. The number of carbonyl (C=O) groups excluding carboxylic acids is 1. The SMILES string of the molecule is CCOc1ccc2c(c1)sc(=NC(=O)c1ccc(S(=O)(=O)N3C[C@@H](C)O[C@@H](C)C3)cc1)n2C. The predicted octanol–water partition coefficient (Wildman–Crippen LogP) is 3.18. The molecule has 10 heteroatoms. The lowest BCUT2D eigenvalue weighted by atomic mass is 10.2. The zero-order valence-corrected chi connectivity index (χ0v) is 20.6. The van der Waals surface area contributed by atoms with Crippen LogP contribution in [0, 0.1) is 0 Å². The highest BCUT2D eigenvalue weighted by molar-refractivity contribution is 7.89. The van der Waals surface area contributed by atoms with Gasteiger partial charge in [0.25, 0.3) is 5.91 Å². The number of aryl methyl sites for hydroxylation is 1. The summed E-state index contributed by atoms with van der Waals surface area (Å²) in [5.41, 5.74) is 1.27. The summed E-state index contributed by atoms with van der Waals surface area (Å²) >= 11 is 1.39. The number of sulfonamides is 1. The molecule has 0 aliphatic carbocycles. The molecule has 3 aromatic rings. The van der Waals surface area contributed by atoms with Gasteiger partial charge < -0.3 is 14.0 Å². The van der Waals surface area contributed by atoms with Crippen LogP contribution in [-0.4, -0.2) is 55.1 Å². The molecule has 0 N–H and O–H groups in total. The number of aromatic nitrogens is 1. The Labute approximate surface area is 197 Å². The number of hydrogen-bond donors (Lipinski definition) is 0. The molecule has 8 nitrogen and oxygen atoms in total. The van der Waals surface area contributed by atoms with E-state index in [1.54, 1.807) is 0 Å². The smallest absolute Gasteiger partial charge is 0.279 e. The van der Waals surface area contributed by atoms with E-state index in [0.29, 0.717) is 30.1 Å². The molecule has 4 rings (SSSR count). The summed E-state index contributed by atoms with van der Waals surface area (Å²) < 4.78 is 41.5. The summed E-state index contributed by atoms with van der Waals surface area (Å²) in [6.07, 6.45) is -0.343. The summed E-state index contributed by atoms with van der Waals surface area (Å²) in [4.78, 5) is 17.8. The maximum absolute atomic E-state index is 13.0. The zero-order chi connectivity index (χ0) is 23.8. The number of morpholine rings is 1. The first kappa shape index (κ1) is 23.6. The van der Waals surface area contributed by atoms with Gasteiger partial charge in [0.1, 0.15) is 5.75 Å². The van der Waals surface area contributed by atoms with Crippen molar-refractivity contribution >= 4 is 37.5 Å². The van der Waals surface area contributed by atoms with Crippen molar-refractivity contribution in [1.29, 1.82) is 0 Å². The normalized spacial score (nSPS) is 20.3. The fourth-order valence-corrected chi connectivity index (χ4v) is 6.51. The maximum atomic E-state index is 13.0. The molecule has 2 heterocycles. The predicted molar refractivity (Wildman–Crippen MR) is 127 cm³/mol. The molecule has 0 unspecified atom stereocenters. The van der Waals surface area contributed by atoms with Crippen LogP contribution in [0.3, 0.4) is 0 Å². The molecule has 1 aliphatic heterocycles. The third-order valence-electron chi connectivity index (χ3n) is 5.41. The molecule has 0 radical (unpaired) electrons. The van der Waals surface area contributed by atoms with Crippen molar-refractivity contribution in [2.24, 2.45) is 12.0 Å². The lowest BCUT2D eigenvalue weighted by Gasteiger charge is -2.34. The monoisotopic (exact) mass is 489 g/mol. The molecule has 0 spiro atoms. The molecule has 0 saturated carbocycles. The van der Waals surface area contributed by atoms with Gasteiger partial charge in [-0.2, -0.15) is 9.30 Å². The van der Waals surface area contributed by atoms with E-state index in [4.69, 9.17) is 9.47 Å². The first-order chi connectivity index (χ1) is 15.7. The van der Waals surface area contributed by atoms with E-state index in [0.717, 1.165) is 16.0 Å². The maximum Gasteiger partial charge on any atom is 0.279 e. The Morgan fingerprint density at radius 3 is 2.45 bits per heavy atom. The van der Waals surface area contributed by atoms with Gasteiger partial charge in [-0.3, -0.25) is 4.79 Å². The molecule has 2 atom stereocenters. The number of carbonyl (C=O) groups is 1. The molecule has 1 aromatic heterocycles. The van der Waals surface area contributed by atoms with E-state index in [1.807, 2.05) is 50.6 Å². The highest BCUT2D eigenvalue weighted by atomic mass is 32.2. The van der Waals surface area contributed by atoms with E-state index in [9.17, 15) is 13.2 Å². The third kappa shape index (κ3) is 4.89. The van der Waals surface area contributed by atoms with Crippen LogP contribution in [0.4, 0.5) is 0 Å². The van der Waals surface area contributed by atoms with Crippen LogP contribution in [0.5, 0.6) is 5.75 Å². The standard InChI is InChI=1S/C23H27N3O5S2/c1-5-30-18-8-11-20-21(12-18)32-23(25(20)4)24-22(27)17-6-9-19(10-7-17)33(28,29)26-13-15(2)31-16(3)14-26/h6-12,15-16H,5,13-14H2,1-4H3/t15-,16+. The Morgan fingerprint density at radius 1 is 1.15 bits per heavy atom. The second kappa shape index (κ2) is 9.38. The quantitative estimate of drug-likeness (QED) is 0.549. The number of nitrogens with zero attached hydrogens (tertiary/aromatic N) is 3. The molecule has 176 valence electrons. The lowest BCUT2D eigenvalue weighted by molar-refractivity contribution is -0.0440. The number of amides is 1. The van der Waals surface area contributed by atoms with Crippen molar-refractivity contribution < 1.29 is 22.7 Å². The fourth-order valence-electron chi connectivity index (χ4n) is 3.87. The molecule has 2 aromatic carbocycles. The van der Waals surface area contributed by atoms with E-state index in [1.165, 1.54) is 39.9 Å². The van der Waals surface area contributed by atoms with Crippen LogP contribution in [0.15, 0.2) is 52.4 Å². The topological polar surface area (TPSA) is 90.2 Å². The average Bonchev–Trinajstić information content (AvgIpc) is 3.08.